The van der Waals surface area contributed by atoms with Crippen molar-refractivity contribution in [2.75, 3.05) is 13.1 Å². The van der Waals surface area contributed by atoms with Gasteiger partial charge in [-0.3, -0.25) is 0 Å². The molecule has 1 saturated heterocycles. The van der Waals surface area contributed by atoms with Crippen molar-refractivity contribution in [3.8, 4) is 0 Å². The second kappa shape index (κ2) is 6.48. The van der Waals surface area contributed by atoms with Crippen LogP contribution >= 0.6 is 0 Å². The minimum absolute atomic E-state index is 0.137. The van der Waals surface area contributed by atoms with Crippen LogP contribution < -0.4 is 5.32 Å². The third-order valence-electron chi connectivity index (χ3n) is 3.56. The number of amides is 1. The van der Waals surface area contributed by atoms with Crippen molar-refractivity contribution >= 4 is 6.09 Å². The quantitative estimate of drug-likeness (QED) is 0.910. The van der Waals surface area contributed by atoms with E-state index in [-0.39, 0.29) is 12.1 Å². The van der Waals surface area contributed by atoms with E-state index in [1.165, 1.54) is 5.56 Å². The molecule has 4 heteroatoms. The van der Waals surface area contributed by atoms with Crippen LogP contribution in [0.3, 0.4) is 0 Å². The van der Waals surface area contributed by atoms with Gasteiger partial charge >= 0.3 is 6.09 Å². The Morgan fingerprint density at radius 3 is 2.62 bits per heavy atom. The number of nitrogens with one attached hydrogen (secondary N) is 1. The molecule has 0 aromatic heterocycles. The topological polar surface area (TPSA) is 41.6 Å². The zero-order chi connectivity index (χ0) is 15.5. The Morgan fingerprint density at radius 2 is 2.00 bits per heavy atom. The summed E-state index contributed by atoms with van der Waals surface area (Å²) in [5, 5.41) is 3.45. The first kappa shape index (κ1) is 15.8. The second-order valence-corrected chi connectivity index (χ2v) is 6.79. The van der Waals surface area contributed by atoms with E-state index in [0.29, 0.717) is 12.6 Å². The molecule has 0 saturated carbocycles. The molecule has 1 aliphatic heterocycles. The normalized spacial score (nSPS) is 23.0. The smallest absolute Gasteiger partial charge is 0.410 e. The average Bonchev–Trinajstić information content (AvgIpc) is 2.40. The summed E-state index contributed by atoms with van der Waals surface area (Å²) in [7, 11) is 0. The Bertz CT molecular complexity index is 467. The average molecular weight is 290 g/mol. The summed E-state index contributed by atoms with van der Waals surface area (Å²) in [6.07, 6.45) is 0.636. The van der Waals surface area contributed by atoms with Gasteiger partial charge in [0, 0.05) is 19.1 Å². The van der Waals surface area contributed by atoms with E-state index in [9.17, 15) is 4.79 Å². The molecule has 2 rings (SSSR count). The van der Waals surface area contributed by atoms with Gasteiger partial charge in [-0.2, -0.15) is 0 Å². The summed E-state index contributed by atoms with van der Waals surface area (Å²) in [4.78, 5) is 14.3. The Labute approximate surface area is 127 Å². The predicted molar refractivity (Wildman–Crippen MR) is 84.3 cm³/mol. The fourth-order valence-electron chi connectivity index (χ4n) is 2.57. The van der Waals surface area contributed by atoms with Gasteiger partial charge in [0.2, 0.25) is 0 Å². The van der Waals surface area contributed by atoms with E-state index in [1.54, 1.807) is 0 Å². The largest absolute Gasteiger partial charge is 0.444 e. The monoisotopic (exact) mass is 290 g/mol. The molecular formula is C17H26N2O2. The van der Waals surface area contributed by atoms with Crippen molar-refractivity contribution in [3.05, 3.63) is 35.9 Å². The minimum Gasteiger partial charge on any atom is -0.444 e. The van der Waals surface area contributed by atoms with Gasteiger partial charge in [0.1, 0.15) is 5.60 Å². The van der Waals surface area contributed by atoms with E-state index in [1.807, 2.05) is 43.9 Å². The number of nitrogens with zero attached hydrogens (tertiary/aromatic N) is 1. The molecule has 0 aliphatic carbocycles. The van der Waals surface area contributed by atoms with Crippen LogP contribution in [0.5, 0.6) is 0 Å². The highest BCUT2D eigenvalue weighted by Gasteiger charge is 2.32. The molecule has 1 heterocycles. The molecule has 4 nitrogen and oxygen atoms in total. The molecule has 1 fully saturated rings. The zero-order valence-electron chi connectivity index (χ0n) is 13.4. The lowest BCUT2D eigenvalue weighted by atomic mass is 10.0. The number of rotatable bonds is 2. The van der Waals surface area contributed by atoms with Crippen molar-refractivity contribution in [1.29, 1.82) is 0 Å². The number of carbonyl (C=O) groups is 1. The lowest BCUT2D eigenvalue weighted by Crippen LogP contribution is -2.58. The molecule has 1 aromatic carbocycles. The third kappa shape index (κ3) is 4.74. The standard InChI is InChI=1S/C17H26N2O2/c1-13-12-19(16(20)21-17(2,3)4)15(11-18-13)10-14-8-6-5-7-9-14/h5-9,13,15,18H,10-12H2,1-4H3/t13-,15+/m1/s1. The fourth-order valence-corrected chi connectivity index (χ4v) is 2.57. The van der Waals surface area contributed by atoms with Gasteiger partial charge in [-0.1, -0.05) is 30.3 Å². The number of benzene rings is 1. The van der Waals surface area contributed by atoms with Gasteiger partial charge in [-0.15, -0.1) is 0 Å². The predicted octanol–water partition coefficient (Wildman–Crippen LogP) is 2.83. The maximum absolute atomic E-state index is 12.4. The van der Waals surface area contributed by atoms with Gasteiger partial charge in [0.05, 0.1) is 6.04 Å². The molecule has 2 atom stereocenters. The summed E-state index contributed by atoms with van der Waals surface area (Å²) in [6, 6.07) is 10.7. The minimum atomic E-state index is -0.456. The van der Waals surface area contributed by atoms with Crippen molar-refractivity contribution in [2.45, 2.75) is 51.8 Å². The summed E-state index contributed by atoms with van der Waals surface area (Å²) in [5.41, 5.74) is 0.787. The van der Waals surface area contributed by atoms with E-state index in [4.69, 9.17) is 4.74 Å². The summed E-state index contributed by atoms with van der Waals surface area (Å²) in [6.45, 7) is 9.30. The molecule has 1 N–H and O–H groups in total. The fraction of sp³-hybridized carbons (Fsp3) is 0.588. The first-order valence-corrected chi connectivity index (χ1v) is 7.62. The van der Waals surface area contributed by atoms with E-state index >= 15 is 0 Å². The highest BCUT2D eigenvalue weighted by Crippen LogP contribution is 2.17. The number of piperazine rings is 1. The lowest BCUT2D eigenvalue weighted by molar-refractivity contribution is 0.00831. The number of carbonyl (C=O) groups excluding carboxylic acids is 1. The van der Waals surface area contributed by atoms with E-state index < -0.39 is 5.60 Å². The van der Waals surface area contributed by atoms with Crippen LogP contribution in [0.4, 0.5) is 4.79 Å². The number of ether oxygens (including phenoxy) is 1. The van der Waals surface area contributed by atoms with Gasteiger partial charge in [-0.05, 0) is 39.7 Å². The molecule has 116 valence electrons. The van der Waals surface area contributed by atoms with Crippen molar-refractivity contribution in [3.63, 3.8) is 0 Å². The van der Waals surface area contributed by atoms with Crippen molar-refractivity contribution in [2.24, 2.45) is 0 Å². The molecule has 1 aliphatic rings. The van der Waals surface area contributed by atoms with Crippen LogP contribution in [0.2, 0.25) is 0 Å². The molecule has 0 bridgehead atoms. The van der Waals surface area contributed by atoms with Crippen LogP contribution in [0, 0.1) is 0 Å². The maximum Gasteiger partial charge on any atom is 0.410 e. The van der Waals surface area contributed by atoms with Gasteiger partial charge in [-0.25, -0.2) is 4.79 Å². The van der Waals surface area contributed by atoms with Crippen LogP contribution in [0.15, 0.2) is 30.3 Å². The Balaban J connectivity index is 2.08. The van der Waals surface area contributed by atoms with E-state index in [0.717, 1.165) is 13.0 Å². The number of hydrogen-bond acceptors (Lipinski definition) is 3. The molecule has 0 radical (unpaired) electrons. The van der Waals surface area contributed by atoms with Gasteiger partial charge in [0.25, 0.3) is 0 Å². The zero-order valence-corrected chi connectivity index (χ0v) is 13.4. The third-order valence-corrected chi connectivity index (χ3v) is 3.56. The molecule has 1 aromatic rings. The Kier molecular flexibility index (Phi) is 4.88. The van der Waals surface area contributed by atoms with Crippen LogP contribution in [-0.4, -0.2) is 41.8 Å². The molecule has 0 spiro atoms. The molecule has 21 heavy (non-hydrogen) atoms. The Morgan fingerprint density at radius 1 is 1.33 bits per heavy atom. The summed E-state index contributed by atoms with van der Waals surface area (Å²) >= 11 is 0. The summed E-state index contributed by atoms with van der Waals surface area (Å²) < 4.78 is 5.55. The highest BCUT2D eigenvalue weighted by atomic mass is 16.6. The second-order valence-electron chi connectivity index (χ2n) is 6.79. The van der Waals surface area contributed by atoms with Crippen molar-refractivity contribution < 1.29 is 9.53 Å². The molecule has 0 unspecified atom stereocenters. The van der Waals surface area contributed by atoms with Crippen LogP contribution in [0.1, 0.15) is 33.3 Å². The SMILES string of the molecule is C[C@@H]1CN(C(=O)OC(C)(C)C)[C@@H](Cc2ccccc2)CN1. The van der Waals surface area contributed by atoms with Gasteiger partial charge < -0.3 is 15.0 Å². The first-order chi connectivity index (χ1) is 9.85. The Hall–Kier alpha value is -1.55. The van der Waals surface area contributed by atoms with Crippen molar-refractivity contribution in [1.82, 2.24) is 10.2 Å². The molecule has 1 amide bonds. The first-order valence-electron chi connectivity index (χ1n) is 7.62. The lowest BCUT2D eigenvalue weighted by Gasteiger charge is -2.40. The van der Waals surface area contributed by atoms with Crippen LogP contribution in [0.25, 0.3) is 0 Å². The maximum atomic E-state index is 12.4. The van der Waals surface area contributed by atoms with E-state index in [2.05, 4.69) is 24.4 Å². The summed E-state index contributed by atoms with van der Waals surface area (Å²) in [5.74, 6) is 0. The molecular weight excluding hydrogens is 264 g/mol. The number of hydrogen-bond donors (Lipinski definition) is 1. The van der Waals surface area contributed by atoms with Gasteiger partial charge in [0.15, 0.2) is 0 Å². The van der Waals surface area contributed by atoms with Crippen LogP contribution in [-0.2, 0) is 11.2 Å². The highest BCUT2D eigenvalue weighted by molar-refractivity contribution is 5.69.